The van der Waals surface area contributed by atoms with Gasteiger partial charge in [-0.3, -0.25) is 9.89 Å². The Morgan fingerprint density at radius 3 is 2.85 bits per heavy atom. The molecule has 5 rings (SSSR count). The standard InChI is InChI=1S/C19H21N5O2S/c25-19(15-10-16(26-23-15)17-2-1-9-27-17)20-13-5-7-24(8-6-13)18-11-14(21-22-18)12-3-4-12/h1-2,9-13H,3-8H2,(H,20,25)(H,21,22). The normalized spacial score (nSPS) is 18.0. The third-order valence-electron chi connectivity index (χ3n) is 5.26. The molecule has 7 nitrogen and oxygen atoms in total. The number of rotatable bonds is 5. The highest BCUT2D eigenvalue weighted by Crippen LogP contribution is 2.40. The number of carbonyl (C=O) groups excluding carboxylic acids is 1. The molecule has 0 unspecified atom stereocenters. The highest BCUT2D eigenvalue weighted by Gasteiger charge is 2.28. The zero-order valence-corrected chi connectivity index (χ0v) is 15.7. The number of amides is 1. The second-order valence-electron chi connectivity index (χ2n) is 7.24. The van der Waals surface area contributed by atoms with E-state index in [-0.39, 0.29) is 11.9 Å². The van der Waals surface area contributed by atoms with Crippen molar-refractivity contribution in [2.45, 2.75) is 37.6 Å². The minimum Gasteiger partial charge on any atom is -0.355 e. The number of nitrogens with one attached hydrogen (secondary N) is 2. The summed E-state index contributed by atoms with van der Waals surface area (Å²) >= 11 is 1.56. The number of aromatic amines is 1. The van der Waals surface area contributed by atoms with Crippen LogP contribution in [-0.2, 0) is 0 Å². The molecule has 1 aliphatic carbocycles. The Hall–Kier alpha value is -2.61. The fraction of sp³-hybridized carbons (Fsp3) is 0.421. The van der Waals surface area contributed by atoms with Crippen molar-refractivity contribution in [3.05, 3.63) is 41.0 Å². The Labute approximate surface area is 160 Å². The van der Waals surface area contributed by atoms with Gasteiger partial charge >= 0.3 is 0 Å². The van der Waals surface area contributed by atoms with Gasteiger partial charge in [-0.15, -0.1) is 11.3 Å². The van der Waals surface area contributed by atoms with Crippen LogP contribution in [0.5, 0.6) is 0 Å². The molecule has 2 fully saturated rings. The van der Waals surface area contributed by atoms with Crippen LogP contribution in [-0.4, -0.2) is 40.4 Å². The minimum absolute atomic E-state index is 0.150. The van der Waals surface area contributed by atoms with Crippen molar-refractivity contribution in [2.24, 2.45) is 0 Å². The van der Waals surface area contributed by atoms with Crippen molar-refractivity contribution in [1.29, 1.82) is 0 Å². The summed E-state index contributed by atoms with van der Waals surface area (Å²) in [6.45, 7) is 1.78. The number of H-pyrrole nitrogens is 1. The van der Waals surface area contributed by atoms with Gasteiger partial charge in [0.2, 0.25) is 0 Å². The van der Waals surface area contributed by atoms with E-state index in [1.807, 2.05) is 17.5 Å². The quantitative estimate of drug-likeness (QED) is 0.705. The van der Waals surface area contributed by atoms with Crippen molar-refractivity contribution in [3.8, 4) is 10.6 Å². The van der Waals surface area contributed by atoms with Crippen LogP contribution in [0.2, 0.25) is 0 Å². The van der Waals surface area contributed by atoms with Crippen molar-refractivity contribution >= 4 is 23.1 Å². The number of piperidine rings is 1. The highest BCUT2D eigenvalue weighted by molar-refractivity contribution is 7.13. The lowest BCUT2D eigenvalue weighted by atomic mass is 10.0. The lowest BCUT2D eigenvalue weighted by molar-refractivity contribution is 0.0922. The van der Waals surface area contributed by atoms with Gasteiger partial charge in [-0.05, 0) is 37.1 Å². The van der Waals surface area contributed by atoms with Crippen molar-refractivity contribution in [2.75, 3.05) is 18.0 Å². The maximum atomic E-state index is 12.5. The monoisotopic (exact) mass is 383 g/mol. The Morgan fingerprint density at radius 1 is 1.26 bits per heavy atom. The zero-order valence-electron chi connectivity index (χ0n) is 14.9. The van der Waals surface area contributed by atoms with Gasteiger partial charge in [-0.25, -0.2) is 0 Å². The molecule has 2 N–H and O–H groups in total. The summed E-state index contributed by atoms with van der Waals surface area (Å²) in [7, 11) is 0. The molecule has 4 heterocycles. The van der Waals surface area contributed by atoms with Gasteiger partial charge in [-0.2, -0.15) is 5.10 Å². The van der Waals surface area contributed by atoms with Gasteiger partial charge in [0.25, 0.3) is 5.91 Å². The molecule has 8 heteroatoms. The first kappa shape index (κ1) is 16.6. The lowest BCUT2D eigenvalue weighted by Crippen LogP contribution is -2.44. The smallest absolute Gasteiger partial charge is 0.273 e. The molecule has 0 bridgehead atoms. The lowest BCUT2D eigenvalue weighted by Gasteiger charge is -2.32. The summed E-state index contributed by atoms with van der Waals surface area (Å²) in [5.41, 5.74) is 1.59. The first-order valence-electron chi connectivity index (χ1n) is 9.38. The third kappa shape index (κ3) is 3.49. The molecule has 0 radical (unpaired) electrons. The van der Waals surface area contributed by atoms with Crippen LogP contribution in [0.3, 0.4) is 0 Å². The van der Waals surface area contributed by atoms with Gasteiger partial charge < -0.3 is 14.7 Å². The largest absolute Gasteiger partial charge is 0.355 e. The van der Waals surface area contributed by atoms with Gasteiger partial charge in [0.1, 0.15) is 0 Å². The number of anilines is 1. The van der Waals surface area contributed by atoms with E-state index < -0.39 is 0 Å². The van der Waals surface area contributed by atoms with E-state index in [9.17, 15) is 4.79 Å². The summed E-state index contributed by atoms with van der Waals surface area (Å²) in [6.07, 6.45) is 4.33. The fourth-order valence-corrected chi connectivity index (χ4v) is 4.19. The summed E-state index contributed by atoms with van der Waals surface area (Å²) in [5, 5.41) is 16.6. The minimum atomic E-state index is -0.171. The van der Waals surface area contributed by atoms with Crippen LogP contribution < -0.4 is 10.2 Å². The van der Waals surface area contributed by atoms with Gasteiger partial charge in [0.05, 0.1) is 4.88 Å². The molecule has 140 valence electrons. The van der Waals surface area contributed by atoms with Crippen LogP contribution in [0.4, 0.5) is 5.82 Å². The summed E-state index contributed by atoms with van der Waals surface area (Å²) in [4.78, 5) is 15.7. The van der Waals surface area contributed by atoms with E-state index >= 15 is 0 Å². The van der Waals surface area contributed by atoms with Crippen molar-refractivity contribution in [3.63, 3.8) is 0 Å². The molecule has 1 saturated heterocycles. The first-order valence-corrected chi connectivity index (χ1v) is 10.3. The molecule has 1 amide bonds. The number of hydrogen-bond acceptors (Lipinski definition) is 6. The average molecular weight is 383 g/mol. The summed E-state index contributed by atoms with van der Waals surface area (Å²) in [5.74, 6) is 2.18. The molecular weight excluding hydrogens is 362 g/mol. The maximum absolute atomic E-state index is 12.5. The summed E-state index contributed by atoms with van der Waals surface area (Å²) in [6, 6.07) is 7.93. The molecule has 0 spiro atoms. The third-order valence-corrected chi connectivity index (χ3v) is 6.15. The number of hydrogen-bond donors (Lipinski definition) is 2. The van der Waals surface area contributed by atoms with E-state index in [0.29, 0.717) is 17.4 Å². The Bertz CT molecular complexity index is 920. The van der Waals surface area contributed by atoms with E-state index in [1.54, 1.807) is 17.4 Å². The molecule has 3 aromatic heterocycles. The molecule has 27 heavy (non-hydrogen) atoms. The van der Waals surface area contributed by atoms with Crippen LogP contribution in [0.25, 0.3) is 10.6 Å². The van der Waals surface area contributed by atoms with Crippen molar-refractivity contribution in [1.82, 2.24) is 20.7 Å². The molecule has 0 atom stereocenters. The first-order chi connectivity index (χ1) is 13.3. The second kappa shape index (κ2) is 6.84. The van der Waals surface area contributed by atoms with E-state index in [1.165, 1.54) is 18.5 Å². The van der Waals surface area contributed by atoms with Crippen LogP contribution in [0.15, 0.2) is 34.2 Å². The van der Waals surface area contributed by atoms with Crippen molar-refractivity contribution < 1.29 is 9.32 Å². The predicted octanol–water partition coefficient (Wildman–Crippen LogP) is 3.40. The topological polar surface area (TPSA) is 87.0 Å². The van der Waals surface area contributed by atoms with Gasteiger partial charge in [0.15, 0.2) is 17.3 Å². The number of nitrogens with zero attached hydrogens (tertiary/aromatic N) is 3. The maximum Gasteiger partial charge on any atom is 0.273 e. The SMILES string of the molecule is O=C(NC1CCN(c2cc(C3CC3)[nH]n2)CC1)c1cc(-c2cccs2)on1. The molecule has 2 aliphatic rings. The second-order valence-corrected chi connectivity index (χ2v) is 8.19. The predicted molar refractivity (Wildman–Crippen MR) is 103 cm³/mol. The van der Waals surface area contributed by atoms with Gasteiger partial charge in [-0.1, -0.05) is 11.2 Å². The molecular formula is C19H21N5O2S. The van der Waals surface area contributed by atoms with E-state index in [4.69, 9.17) is 4.52 Å². The van der Waals surface area contributed by atoms with Crippen LogP contribution in [0.1, 0.15) is 47.8 Å². The van der Waals surface area contributed by atoms with E-state index in [2.05, 4.69) is 31.6 Å². The molecule has 1 saturated carbocycles. The molecule has 0 aromatic carbocycles. The Morgan fingerprint density at radius 2 is 2.11 bits per heavy atom. The fourth-order valence-electron chi connectivity index (χ4n) is 3.52. The van der Waals surface area contributed by atoms with Crippen LogP contribution >= 0.6 is 11.3 Å². The zero-order chi connectivity index (χ0) is 18.2. The van der Waals surface area contributed by atoms with Crippen LogP contribution in [0, 0.1) is 0 Å². The number of carbonyl (C=O) groups is 1. The van der Waals surface area contributed by atoms with E-state index in [0.717, 1.165) is 36.6 Å². The molecule has 1 aliphatic heterocycles. The summed E-state index contributed by atoms with van der Waals surface area (Å²) < 4.78 is 5.30. The molecule has 3 aromatic rings. The Balaban J connectivity index is 1.16. The highest BCUT2D eigenvalue weighted by atomic mass is 32.1. The average Bonchev–Trinajstić information content (AvgIpc) is 3.14. The number of aromatic nitrogens is 3. The Kier molecular flexibility index (Phi) is 4.20. The van der Waals surface area contributed by atoms with Gasteiger partial charge in [0, 0.05) is 42.9 Å². The number of thiophene rings is 1.